The SMILES string of the molecule is N#CC1CC1[C]=O. The van der Waals surface area contributed by atoms with Gasteiger partial charge in [-0.1, -0.05) is 0 Å². The van der Waals surface area contributed by atoms with Gasteiger partial charge in [0.2, 0.25) is 6.29 Å². The topological polar surface area (TPSA) is 40.9 Å². The standard InChI is InChI=1S/C5H4NO/c6-2-4-1-5(4)3-7/h4-5H,1H2. The van der Waals surface area contributed by atoms with Gasteiger partial charge in [0.05, 0.1) is 12.0 Å². The van der Waals surface area contributed by atoms with Gasteiger partial charge in [0.15, 0.2) is 0 Å². The number of rotatable bonds is 1. The Labute approximate surface area is 41.7 Å². The molecule has 0 heterocycles. The molecule has 1 fully saturated rings. The van der Waals surface area contributed by atoms with Crippen molar-refractivity contribution in [1.29, 1.82) is 5.26 Å². The van der Waals surface area contributed by atoms with Crippen molar-refractivity contribution in [2.75, 3.05) is 0 Å². The molecule has 0 aromatic heterocycles. The van der Waals surface area contributed by atoms with Crippen LogP contribution in [0, 0.1) is 23.2 Å². The van der Waals surface area contributed by atoms with Crippen molar-refractivity contribution in [3.05, 3.63) is 0 Å². The Kier molecular flexibility index (Phi) is 0.828. The smallest absolute Gasteiger partial charge is 0.203 e. The normalized spacial score (nSPS) is 36.4. The first-order chi connectivity index (χ1) is 3.38. The van der Waals surface area contributed by atoms with Crippen molar-refractivity contribution >= 4 is 6.29 Å². The molecule has 1 saturated carbocycles. The summed E-state index contributed by atoms with van der Waals surface area (Å²) in [7, 11) is 0. The van der Waals surface area contributed by atoms with E-state index in [9.17, 15) is 4.79 Å². The molecule has 1 rings (SSSR count). The Balaban J connectivity index is 2.34. The highest BCUT2D eigenvalue weighted by Crippen LogP contribution is 2.35. The molecule has 1 radical (unpaired) electrons. The molecule has 35 valence electrons. The molecule has 0 aliphatic heterocycles. The van der Waals surface area contributed by atoms with E-state index in [-0.39, 0.29) is 11.8 Å². The lowest BCUT2D eigenvalue weighted by molar-refractivity contribution is 0.547. The number of carbonyl (C=O) groups excluding carboxylic acids is 1. The van der Waals surface area contributed by atoms with Gasteiger partial charge in [-0.15, -0.1) is 0 Å². The van der Waals surface area contributed by atoms with Gasteiger partial charge in [-0.3, -0.25) is 4.79 Å². The van der Waals surface area contributed by atoms with E-state index in [0.29, 0.717) is 0 Å². The third-order valence-corrected chi connectivity index (χ3v) is 1.11. The summed E-state index contributed by atoms with van der Waals surface area (Å²) in [4.78, 5) is 9.66. The first-order valence-electron chi connectivity index (χ1n) is 2.15. The van der Waals surface area contributed by atoms with Crippen molar-refractivity contribution in [3.63, 3.8) is 0 Å². The number of nitriles is 1. The van der Waals surface area contributed by atoms with Crippen molar-refractivity contribution in [2.45, 2.75) is 6.42 Å². The maximum atomic E-state index is 9.66. The summed E-state index contributed by atoms with van der Waals surface area (Å²) >= 11 is 0. The molecule has 2 atom stereocenters. The van der Waals surface area contributed by atoms with Crippen molar-refractivity contribution in [3.8, 4) is 6.07 Å². The van der Waals surface area contributed by atoms with Gasteiger partial charge >= 0.3 is 0 Å². The third-order valence-electron chi connectivity index (χ3n) is 1.11. The highest BCUT2D eigenvalue weighted by Gasteiger charge is 2.37. The highest BCUT2D eigenvalue weighted by molar-refractivity contribution is 5.60. The van der Waals surface area contributed by atoms with Crippen LogP contribution in [0.5, 0.6) is 0 Å². The fraction of sp³-hybridized carbons (Fsp3) is 0.600. The summed E-state index contributed by atoms with van der Waals surface area (Å²) in [6.07, 6.45) is 2.50. The summed E-state index contributed by atoms with van der Waals surface area (Å²) in [5, 5.41) is 8.08. The van der Waals surface area contributed by atoms with E-state index < -0.39 is 0 Å². The zero-order chi connectivity index (χ0) is 5.28. The van der Waals surface area contributed by atoms with Gasteiger partial charge < -0.3 is 0 Å². The molecule has 0 spiro atoms. The molecule has 2 nitrogen and oxygen atoms in total. The van der Waals surface area contributed by atoms with Crippen LogP contribution in [0.4, 0.5) is 0 Å². The van der Waals surface area contributed by atoms with Crippen LogP contribution in [0.25, 0.3) is 0 Å². The Hall–Kier alpha value is -0.840. The molecule has 0 aromatic carbocycles. The molecule has 1 aliphatic rings. The number of hydrogen-bond donors (Lipinski definition) is 0. The average Bonchev–Trinajstić information content (AvgIpc) is 2.43. The van der Waals surface area contributed by atoms with E-state index in [1.165, 1.54) is 0 Å². The molecule has 1 aliphatic carbocycles. The van der Waals surface area contributed by atoms with E-state index in [2.05, 4.69) is 0 Å². The summed E-state index contributed by atoms with van der Waals surface area (Å²) < 4.78 is 0. The second-order valence-electron chi connectivity index (χ2n) is 1.70. The minimum Gasteiger partial charge on any atom is -0.291 e. The van der Waals surface area contributed by atoms with Crippen molar-refractivity contribution < 1.29 is 4.79 Å². The second kappa shape index (κ2) is 1.34. The maximum Gasteiger partial charge on any atom is 0.203 e. The van der Waals surface area contributed by atoms with E-state index >= 15 is 0 Å². The van der Waals surface area contributed by atoms with Gasteiger partial charge in [-0.05, 0) is 6.42 Å². The van der Waals surface area contributed by atoms with E-state index in [1.807, 2.05) is 6.07 Å². The fourth-order valence-corrected chi connectivity index (χ4v) is 0.468. The summed E-state index contributed by atoms with van der Waals surface area (Å²) in [5.41, 5.74) is 0. The number of hydrogen-bond acceptors (Lipinski definition) is 2. The molecule has 0 N–H and O–H groups in total. The predicted octanol–water partition coefficient (Wildman–Crippen LogP) is 0.256. The molecule has 2 heteroatoms. The zero-order valence-electron chi connectivity index (χ0n) is 3.72. The van der Waals surface area contributed by atoms with Gasteiger partial charge in [0.1, 0.15) is 0 Å². The van der Waals surface area contributed by atoms with Crippen molar-refractivity contribution in [1.82, 2.24) is 0 Å². The first-order valence-corrected chi connectivity index (χ1v) is 2.15. The Morgan fingerprint density at radius 2 is 2.29 bits per heavy atom. The van der Waals surface area contributed by atoms with Gasteiger partial charge in [-0.25, -0.2) is 0 Å². The lowest BCUT2D eigenvalue weighted by atomic mass is 10.4. The van der Waals surface area contributed by atoms with Crippen LogP contribution < -0.4 is 0 Å². The lowest BCUT2D eigenvalue weighted by Crippen LogP contribution is -1.76. The summed E-state index contributed by atoms with van der Waals surface area (Å²) in [5.74, 6) is -0.0532. The Bertz CT molecular complexity index is 125. The molecule has 0 bridgehead atoms. The van der Waals surface area contributed by atoms with Gasteiger partial charge in [0, 0.05) is 5.92 Å². The van der Waals surface area contributed by atoms with Crippen LogP contribution in [0.2, 0.25) is 0 Å². The largest absolute Gasteiger partial charge is 0.291 e. The zero-order valence-corrected chi connectivity index (χ0v) is 3.72. The lowest BCUT2D eigenvalue weighted by Gasteiger charge is -1.63. The molecule has 0 saturated heterocycles. The fourth-order valence-electron chi connectivity index (χ4n) is 0.468. The molecule has 2 unspecified atom stereocenters. The van der Waals surface area contributed by atoms with E-state index in [4.69, 9.17) is 5.26 Å². The second-order valence-corrected chi connectivity index (χ2v) is 1.70. The van der Waals surface area contributed by atoms with Gasteiger partial charge in [-0.2, -0.15) is 5.26 Å². The molecular formula is C5H4NO. The van der Waals surface area contributed by atoms with E-state index in [1.54, 1.807) is 6.29 Å². The monoisotopic (exact) mass is 94.0 g/mol. The van der Waals surface area contributed by atoms with Crippen LogP contribution in [0.15, 0.2) is 0 Å². The third kappa shape index (κ3) is 0.614. The highest BCUT2D eigenvalue weighted by atomic mass is 16.1. The van der Waals surface area contributed by atoms with Gasteiger partial charge in [0.25, 0.3) is 0 Å². The average molecular weight is 94.1 g/mol. The molecule has 0 aromatic rings. The minimum atomic E-state index is -0.0509. The Morgan fingerprint density at radius 3 is 2.43 bits per heavy atom. The summed E-state index contributed by atoms with van der Waals surface area (Å²) in [6, 6.07) is 1.98. The van der Waals surface area contributed by atoms with Crippen LogP contribution in [0.3, 0.4) is 0 Å². The maximum absolute atomic E-state index is 9.66. The molecule has 7 heavy (non-hydrogen) atoms. The van der Waals surface area contributed by atoms with Crippen LogP contribution in [-0.2, 0) is 4.79 Å². The Morgan fingerprint density at radius 1 is 1.57 bits per heavy atom. The molecular weight excluding hydrogens is 90.1 g/mol. The predicted molar refractivity (Wildman–Crippen MR) is 22.9 cm³/mol. The quantitative estimate of drug-likeness (QED) is 0.467. The van der Waals surface area contributed by atoms with E-state index in [0.717, 1.165) is 6.42 Å². The minimum absolute atomic E-state index is 0.00231. The van der Waals surface area contributed by atoms with Crippen LogP contribution in [0.1, 0.15) is 6.42 Å². The van der Waals surface area contributed by atoms with Crippen LogP contribution in [-0.4, -0.2) is 6.29 Å². The molecule has 0 amide bonds. The van der Waals surface area contributed by atoms with Crippen molar-refractivity contribution in [2.24, 2.45) is 11.8 Å². The summed E-state index contributed by atoms with van der Waals surface area (Å²) in [6.45, 7) is 0. The first kappa shape index (κ1) is 4.32. The van der Waals surface area contributed by atoms with Crippen LogP contribution >= 0.6 is 0 Å². The number of nitrogens with zero attached hydrogens (tertiary/aromatic N) is 1.